The molecular weight excluding hydrogens is 358 g/mol. The number of nitrogens with zero attached hydrogens (tertiary/aromatic N) is 5. The van der Waals surface area contributed by atoms with Crippen LogP contribution in [-0.4, -0.2) is 55.5 Å². The minimum absolute atomic E-state index is 0.158. The number of tetrazole rings is 1. The smallest absolute Gasteiger partial charge is 0.233 e. The Kier molecular flexibility index (Phi) is 5.33. The van der Waals surface area contributed by atoms with E-state index in [1.165, 1.54) is 17.3 Å². The zero-order valence-electron chi connectivity index (χ0n) is 13.9. The maximum absolute atomic E-state index is 12.7. The molecule has 1 aliphatic carbocycles. The van der Waals surface area contributed by atoms with Gasteiger partial charge in [0.05, 0.1) is 18.4 Å². The Labute approximate surface area is 154 Å². The van der Waals surface area contributed by atoms with Gasteiger partial charge in [-0.1, -0.05) is 11.8 Å². The van der Waals surface area contributed by atoms with Crippen LogP contribution in [0.4, 0.5) is 0 Å². The van der Waals surface area contributed by atoms with Crippen molar-refractivity contribution in [3.05, 3.63) is 22.4 Å². The fourth-order valence-corrected chi connectivity index (χ4v) is 4.42. The average molecular weight is 380 g/mol. The Morgan fingerprint density at radius 1 is 1.44 bits per heavy atom. The number of ether oxygens (including phenoxy) is 1. The van der Waals surface area contributed by atoms with Crippen molar-refractivity contribution in [2.24, 2.45) is 0 Å². The predicted molar refractivity (Wildman–Crippen MR) is 95.4 cm³/mol. The molecule has 134 valence electrons. The molecule has 25 heavy (non-hydrogen) atoms. The van der Waals surface area contributed by atoms with E-state index in [4.69, 9.17) is 4.74 Å². The second-order valence-electron chi connectivity index (χ2n) is 6.45. The third-order valence-corrected chi connectivity index (χ3v) is 6.14. The second-order valence-corrected chi connectivity index (χ2v) is 8.17. The highest BCUT2D eigenvalue weighted by Crippen LogP contribution is 2.30. The summed E-state index contributed by atoms with van der Waals surface area (Å²) in [4.78, 5) is 14.7. The first kappa shape index (κ1) is 17.0. The summed E-state index contributed by atoms with van der Waals surface area (Å²) < 4.78 is 7.40. The number of aromatic nitrogens is 4. The van der Waals surface area contributed by atoms with E-state index in [1.807, 2.05) is 4.90 Å². The zero-order chi connectivity index (χ0) is 17.1. The van der Waals surface area contributed by atoms with Crippen molar-refractivity contribution in [3.63, 3.8) is 0 Å². The molecule has 1 aliphatic heterocycles. The van der Waals surface area contributed by atoms with Crippen molar-refractivity contribution in [2.45, 2.75) is 56.1 Å². The number of hydrogen-bond acceptors (Lipinski definition) is 7. The van der Waals surface area contributed by atoms with E-state index in [2.05, 4.69) is 32.4 Å². The molecule has 4 rings (SSSR count). The molecule has 1 saturated heterocycles. The number of carbonyl (C=O) groups is 1. The largest absolute Gasteiger partial charge is 0.376 e. The molecule has 0 bridgehead atoms. The summed E-state index contributed by atoms with van der Waals surface area (Å²) in [6.07, 6.45) is 4.53. The van der Waals surface area contributed by atoms with Crippen LogP contribution in [0.2, 0.25) is 0 Å². The number of carbonyl (C=O) groups excluding carboxylic acids is 1. The molecule has 2 aliphatic rings. The highest BCUT2D eigenvalue weighted by atomic mass is 32.2. The van der Waals surface area contributed by atoms with Crippen LogP contribution in [0.15, 0.2) is 22.0 Å². The molecule has 3 heterocycles. The third kappa shape index (κ3) is 4.39. The van der Waals surface area contributed by atoms with Gasteiger partial charge in [-0.2, -0.15) is 11.3 Å². The molecule has 1 atom stereocenters. The lowest BCUT2D eigenvalue weighted by Crippen LogP contribution is -2.33. The van der Waals surface area contributed by atoms with Crippen molar-refractivity contribution in [1.29, 1.82) is 0 Å². The van der Waals surface area contributed by atoms with E-state index < -0.39 is 0 Å². The van der Waals surface area contributed by atoms with Crippen LogP contribution < -0.4 is 0 Å². The number of amides is 1. The zero-order valence-corrected chi connectivity index (χ0v) is 15.5. The van der Waals surface area contributed by atoms with Gasteiger partial charge in [-0.05, 0) is 58.5 Å². The van der Waals surface area contributed by atoms with Gasteiger partial charge in [-0.25, -0.2) is 4.68 Å². The molecule has 1 amide bonds. The molecule has 0 spiro atoms. The van der Waals surface area contributed by atoms with E-state index in [1.54, 1.807) is 16.0 Å². The first-order valence-corrected chi connectivity index (χ1v) is 10.5. The highest BCUT2D eigenvalue weighted by molar-refractivity contribution is 7.99. The monoisotopic (exact) mass is 379 g/mol. The standard InChI is InChI=1S/C16H21N5O2S2/c22-15(20(13-3-4-13)8-12-5-7-24-10-12)11-25-16-17-18-19-21(16)9-14-2-1-6-23-14/h5,7,10,13-14H,1-4,6,8-9,11H2. The quantitative estimate of drug-likeness (QED) is 0.655. The van der Waals surface area contributed by atoms with Gasteiger partial charge in [0.15, 0.2) is 0 Å². The van der Waals surface area contributed by atoms with Crippen LogP contribution in [0.5, 0.6) is 0 Å². The first-order chi connectivity index (χ1) is 12.3. The summed E-state index contributed by atoms with van der Waals surface area (Å²) in [6.45, 7) is 2.17. The van der Waals surface area contributed by atoms with Crippen LogP contribution in [-0.2, 0) is 22.6 Å². The maximum atomic E-state index is 12.7. The van der Waals surface area contributed by atoms with Crippen LogP contribution in [0.3, 0.4) is 0 Å². The lowest BCUT2D eigenvalue weighted by Gasteiger charge is -2.21. The van der Waals surface area contributed by atoms with Crippen molar-refractivity contribution < 1.29 is 9.53 Å². The van der Waals surface area contributed by atoms with Crippen LogP contribution in [0.1, 0.15) is 31.2 Å². The van der Waals surface area contributed by atoms with Crippen molar-refractivity contribution >= 4 is 29.0 Å². The predicted octanol–water partition coefficient (Wildman–Crippen LogP) is 2.20. The number of thioether (sulfide) groups is 1. The summed E-state index contributed by atoms with van der Waals surface area (Å²) in [5.74, 6) is 0.525. The lowest BCUT2D eigenvalue weighted by molar-refractivity contribution is -0.129. The minimum atomic E-state index is 0.158. The average Bonchev–Trinajstić information content (AvgIpc) is 3.04. The van der Waals surface area contributed by atoms with Gasteiger partial charge in [0.2, 0.25) is 11.1 Å². The minimum Gasteiger partial charge on any atom is -0.376 e. The fraction of sp³-hybridized carbons (Fsp3) is 0.625. The van der Waals surface area contributed by atoms with Gasteiger partial charge in [0.1, 0.15) is 0 Å². The molecule has 2 aromatic heterocycles. The summed E-state index contributed by atoms with van der Waals surface area (Å²) >= 11 is 3.08. The van der Waals surface area contributed by atoms with Crippen molar-refractivity contribution in [2.75, 3.05) is 12.4 Å². The van der Waals surface area contributed by atoms with E-state index in [0.29, 0.717) is 30.0 Å². The molecule has 0 N–H and O–H groups in total. The topological polar surface area (TPSA) is 73.1 Å². The Morgan fingerprint density at radius 2 is 2.36 bits per heavy atom. The van der Waals surface area contributed by atoms with Gasteiger partial charge in [-0.3, -0.25) is 4.79 Å². The summed E-state index contributed by atoms with van der Waals surface area (Å²) in [7, 11) is 0. The van der Waals surface area contributed by atoms with E-state index >= 15 is 0 Å². The number of thiophene rings is 1. The van der Waals surface area contributed by atoms with Crippen LogP contribution >= 0.6 is 23.1 Å². The second kappa shape index (κ2) is 7.84. The van der Waals surface area contributed by atoms with Crippen LogP contribution in [0, 0.1) is 0 Å². The van der Waals surface area contributed by atoms with Crippen molar-refractivity contribution in [1.82, 2.24) is 25.1 Å². The van der Waals surface area contributed by atoms with Gasteiger partial charge >= 0.3 is 0 Å². The fourth-order valence-electron chi connectivity index (χ4n) is 2.99. The molecular formula is C16H21N5O2S2. The van der Waals surface area contributed by atoms with E-state index in [-0.39, 0.29) is 12.0 Å². The Bertz CT molecular complexity index is 695. The third-order valence-electron chi connectivity index (χ3n) is 4.47. The SMILES string of the molecule is O=C(CSc1nnnn1CC1CCCO1)N(Cc1ccsc1)C1CC1. The highest BCUT2D eigenvalue weighted by Gasteiger charge is 2.32. The molecule has 9 heteroatoms. The van der Waals surface area contributed by atoms with Gasteiger partial charge < -0.3 is 9.64 Å². The van der Waals surface area contributed by atoms with Crippen molar-refractivity contribution in [3.8, 4) is 0 Å². The molecule has 1 saturated carbocycles. The molecule has 0 radical (unpaired) electrons. The van der Waals surface area contributed by atoms with E-state index in [0.717, 1.165) is 32.3 Å². The Morgan fingerprint density at radius 3 is 3.08 bits per heavy atom. The first-order valence-electron chi connectivity index (χ1n) is 8.60. The van der Waals surface area contributed by atoms with E-state index in [9.17, 15) is 4.79 Å². The molecule has 2 aromatic rings. The van der Waals surface area contributed by atoms with Crippen LogP contribution in [0.25, 0.3) is 0 Å². The summed E-state index contributed by atoms with van der Waals surface area (Å²) in [5, 5.41) is 16.7. The summed E-state index contributed by atoms with van der Waals surface area (Å²) in [6, 6.07) is 2.48. The van der Waals surface area contributed by atoms with Gasteiger partial charge in [0.25, 0.3) is 0 Å². The number of hydrogen-bond donors (Lipinski definition) is 0. The normalized spacial score (nSPS) is 20.1. The summed E-state index contributed by atoms with van der Waals surface area (Å²) in [5.41, 5.74) is 1.21. The molecule has 2 fully saturated rings. The van der Waals surface area contributed by atoms with Gasteiger partial charge in [-0.15, -0.1) is 5.10 Å². The lowest BCUT2D eigenvalue weighted by atomic mass is 10.2. The molecule has 1 unspecified atom stereocenters. The Balaban J connectivity index is 1.34. The molecule has 0 aromatic carbocycles. The van der Waals surface area contributed by atoms with Gasteiger partial charge in [0, 0.05) is 19.2 Å². The number of rotatable bonds is 8. The molecule has 7 nitrogen and oxygen atoms in total. The maximum Gasteiger partial charge on any atom is 0.233 e. The Hall–Kier alpha value is -1.45.